The van der Waals surface area contributed by atoms with E-state index in [2.05, 4.69) is 0 Å². The van der Waals surface area contributed by atoms with Gasteiger partial charge in [0, 0.05) is 13.1 Å². The fraction of sp³-hybridized carbons (Fsp3) is 1.00. The molecule has 13 heavy (non-hydrogen) atoms. The molecule has 0 aromatic heterocycles. The van der Waals surface area contributed by atoms with Crippen LogP contribution in [0, 0.1) is 0 Å². The third-order valence-corrected chi connectivity index (χ3v) is 3.28. The van der Waals surface area contributed by atoms with E-state index in [1.807, 2.05) is 0 Å². The van der Waals surface area contributed by atoms with Crippen LogP contribution in [0.3, 0.4) is 0 Å². The van der Waals surface area contributed by atoms with Crippen LogP contribution in [-0.4, -0.2) is 45.0 Å². The second kappa shape index (κ2) is 5.11. The molecule has 1 heterocycles. The molecule has 1 atom stereocenters. The van der Waals surface area contributed by atoms with E-state index in [9.17, 15) is 8.42 Å². The van der Waals surface area contributed by atoms with Crippen LogP contribution in [0.1, 0.15) is 6.92 Å². The average molecular weight is 231 g/mol. The SMILES string of the molecule is CC(N1CCOCC1)S(N)(=O)=O.Cl. The van der Waals surface area contributed by atoms with Gasteiger partial charge in [-0.2, -0.15) is 0 Å². The molecule has 0 aromatic rings. The van der Waals surface area contributed by atoms with Gasteiger partial charge in [0.25, 0.3) is 0 Å². The summed E-state index contributed by atoms with van der Waals surface area (Å²) in [7, 11) is -3.43. The van der Waals surface area contributed by atoms with Gasteiger partial charge in [-0.1, -0.05) is 0 Å². The Hall–Kier alpha value is 0.120. The molecule has 0 amide bonds. The van der Waals surface area contributed by atoms with Crippen molar-refractivity contribution in [3.8, 4) is 0 Å². The van der Waals surface area contributed by atoms with Crippen LogP contribution in [0.15, 0.2) is 0 Å². The number of hydrogen-bond acceptors (Lipinski definition) is 4. The van der Waals surface area contributed by atoms with Crippen molar-refractivity contribution in [2.75, 3.05) is 26.3 Å². The zero-order valence-corrected chi connectivity index (χ0v) is 9.10. The van der Waals surface area contributed by atoms with E-state index >= 15 is 0 Å². The van der Waals surface area contributed by atoms with Crippen molar-refractivity contribution in [3.63, 3.8) is 0 Å². The van der Waals surface area contributed by atoms with Crippen molar-refractivity contribution in [2.24, 2.45) is 5.14 Å². The van der Waals surface area contributed by atoms with Gasteiger partial charge in [0.2, 0.25) is 10.0 Å². The van der Waals surface area contributed by atoms with Gasteiger partial charge in [-0.3, -0.25) is 4.90 Å². The molecule has 1 fully saturated rings. The summed E-state index contributed by atoms with van der Waals surface area (Å²) in [5, 5.41) is 4.40. The maximum absolute atomic E-state index is 10.9. The van der Waals surface area contributed by atoms with E-state index in [1.54, 1.807) is 11.8 Å². The molecule has 80 valence electrons. The minimum absolute atomic E-state index is 0. The largest absolute Gasteiger partial charge is 0.379 e. The van der Waals surface area contributed by atoms with Crippen LogP contribution < -0.4 is 5.14 Å². The smallest absolute Gasteiger partial charge is 0.225 e. The standard InChI is InChI=1S/C6H14N2O3S.ClH/c1-6(12(7,9)10)8-2-4-11-5-3-8;/h6H,2-5H2,1H3,(H2,7,9,10);1H. The van der Waals surface area contributed by atoms with Gasteiger partial charge < -0.3 is 4.74 Å². The predicted octanol–water partition coefficient (Wildman–Crippen LogP) is -0.625. The average Bonchev–Trinajstić information content (AvgIpc) is 2.03. The molecule has 5 nitrogen and oxygen atoms in total. The van der Waals surface area contributed by atoms with Gasteiger partial charge in [0.05, 0.1) is 13.2 Å². The maximum atomic E-state index is 10.9. The Morgan fingerprint density at radius 3 is 2.23 bits per heavy atom. The Labute approximate surface area is 84.7 Å². The second-order valence-electron chi connectivity index (χ2n) is 2.84. The van der Waals surface area contributed by atoms with Gasteiger partial charge in [0.15, 0.2) is 0 Å². The fourth-order valence-electron chi connectivity index (χ4n) is 1.15. The Morgan fingerprint density at radius 2 is 1.85 bits per heavy atom. The molecule has 0 aliphatic carbocycles. The molecule has 7 heteroatoms. The third-order valence-electron chi connectivity index (χ3n) is 2.04. The lowest BCUT2D eigenvalue weighted by Crippen LogP contribution is -2.47. The highest BCUT2D eigenvalue weighted by atomic mass is 35.5. The molecule has 1 aliphatic rings. The van der Waals surface area contributed by atoms with Crippen LogP contribution in [0.25, 0.3) is 0 Å². The first-order chi connectivity index (χ1) is 5.52. The van der Waals surface area contributed by atoms with Gasteiger partial charge in [0.1, 0.15) is 5.37 Å². The lowest BCUT2D eigenvalue weighted by Gasteiger charge is -2.30. The molecule has 1 unspecified atom stereocenters. The summed E-state index contributed by atoms with van der Waals surface area (Å²) < 4.78 is 26.9. The molecule has 0 spiro atoms. The number of nitrogens with zero attached hydrogens (tertiary/aromatic N) is 1. The zero-order valence-electron chi connectivity index (χ0n) is 7.47. The van der Waals surface area contributed by atoms with Gasteiger partial charge in [-0.25, -0.2) is 13.6 Å². The molecule has 0 saturated carbocycles. The number of nitrogens with two attached hydrogens (primary N) is 1. The minimum Gasteiger partial charge on any atom is -0.379 e. The molecule has 1 rings (SSSR count). The highest BCUT2D eigenvalue weighted by Crippen LogP contribution is 2.06. The second-order valence-corrected chi connectivity index (χ2v) is 4.70. The third kappa shape index (κ3) is 3.78. The fourth-order valence-corrected chi connectivity index (χ4v) is 1.78. The van der Waals surface area contributed by atoms with Gasteiger partial charge in [-0.15, -0.1) is 12.4 Å². The zero-order chi connectivity index (χ0) is 9.19. The monoisotopic (exact) mass is 230 g/mol. The highest BCUT2D eigenvalue weighted by Gasteiger charge is 2.24. The van der Waals surface area contributed by atoms with Crippen LogP contribution in [-0.2, 0) is 14.8 Å². The van der Waals surface area contributed by atoms with E-state index in [0.717, 1.165) is 0 Å². The lowest BCUT2D eigenvalue weighted by atomic mass is 10.4. The lowest BCUT2D eigenvalue weighted by molar-refractivity contribution is 0.0337. The van der Waals surface area contributed by atoms with Crippen LogP contribution in [0.5, 0.6) is 0 Å². The summed E-state index contributed by atoms with van der Waals surface area (Å²) in [6, 6.07) is 0. The summed E-state index contributed by atoms with van der Waals surface area (Å²) >= 11 is 0. The summed E-state index contributed by atoms with van der Waals surface area (Å²) in [6.07, 6.45) is 0. The minimum atomic E-state index is -3.43. The van der Waals surface area contributed by atoms with E-state index in [4.69, 9.17) is 9.88 Å². The van der Waals surface area contributed by atoms with Crippen molar-refractivity contribution in [1.29, 1.82) is 0 Å². The van der Waals surface area contributed by atoms with E-state index < -0.39 is 15.4 Å². The Bertz CT molecular complexity index is 238. The predicted molar refractivity (Wildman–Crippen MR) is 52.2 cm³/mol. The number of morpholine rings is 1. The Balaban J connectivity index is 0.00000144. The van der Waals surface area contributed by atoms with Crippen molar-refractivity contribution in [3.05, 3.63) is 0 Å². The number of primary sulfonamides is 1. The van der Waals surface area contributed by atoms with E-state index in [0.29, 0.717) is 26.3 Å². The van der Waals surface area contributed by atoms with E-state index in [-0.39, 0.29) is 12.4 Å². The van der Waals surface area contributed by atoms with Crippen LogP contribution in [0.2, 0.25) is 0 Å². The summed E-state index contributed by atoms with van der Waals surface area (Å²) in [5.74, 6) is 0. The summed E-state index contributed by atoms with van der Waals surface area (Å²) in [6.45, 7) is 4.04. The normalized spacial score (nSPS) is 22.0. The molecule has 0 aromatic carbocycles. The number of rotatable bonds is 2. The summed E-state index contributed by atoms with van der Waals surface area (Å²) in [4.78, 5) is 1.80. The van der Waals surface area contributed by atoms with Crippen molar-refractivity contribution >= 4 is 22.4 Å². The van der Waals surface area contributed by atoms with Gasteiger partial charge >= 0.3 is 0 Å². The number of ether oxygens (including phenoxy) is 1. The van der Waals surface area contributed by atoms with Crippen molar-refractivity contribution in [1.82, 2.24) is 4.90 Å². The van der Waals surface area contributed by atoms with Gasteiger partial charge in [-0.05, 0) is 6.92 Å². The quantitative estimate of drug-likeness (QED) is 0.686. The highest BCUT2D eigenvalue weighted by molar-refractivity contribution is 7.89. The van der Waals surface area contributed by atoms with Crippen LogP contribution >= 0.6 is 12.4 Å². The molecular formula is C6H15ClN2O3S. The Kier molecular flexibility index (Phi) is 5.16. The first-order valence-corrected chi connectivity index (χ1v) is 5.46. The first kappa shape index (κ1) is 13.1. The van der Waals surface area contributed by atoms with Crippen molar-refractivity contribution in [2.45, 2.75) is 12.3 Å². The molecule has 1 saturated heterocycles. The number of sulfonamides is 1. The summed E-state index contributed by atoms with van der Waals surface area (Å²) in [5.41, 5.74) is 0. The first-order valence-electron chi connectivity index (χ1n) is 3.85. The number of hydrogen-bond donors (Lipinski definition) is 1. The molecular weight excluding hydrogens is 216 g/mol. The molecule has 0 bridgehead atoms. The molecule has 1 aliphatic heterocycles. The van der Waals surface area contributed by atoms with E-state index in [1.165, 1.54) is 0 Å². The Morgan fingerprint density at radius 1 is 1.38 bits per heavy atom. The topological polar surface area (TPSA) is 72.6 Å². The molecule has 2 N–H and O–H groups in total. The maximum Gasteiger partial charge on any atom is 0.225 e. The van der Waals surface area contributed by atoms with Crippen molar-refractivity contribution < 1.29 is 13.2 Å². The number of halogens is 1. The molecule has 0 radical (unpaired) electrons. The van der Waals surface area contributed by atoms with Crippen LogP contribution in [0.4, 0.5) is 0 Å².